The van der Waals surface area contributed by atoms with Gasteiger partial charge in [0.1, 0.15) is 0 Å². The molecule has 1 aliphatic rings. The molecule has 1 saturated heterocycles. The Labute approximate surface area is 197 Å². The number of carboxylic acid groups (broad SMARTS) is 1. The summed E-state index contributed by atoms with van der Waals surface area (Å²) in [6, 6.07) is 12.4. The van der Waals surface area contributed by atoms with Crippen molar-refractivity contribution in [3.05, 3.63) is 58.6 Å². The first-order valence-corrected chi connectivity index (χ1v) is 13.3. The van der Waals surface area contributed by atoms with Crippen molar-refractivity contribution < 1.29 is 23.2 Å². The molecule has 0 bridgehead atoms. The molecule has 1 fully saturated rings. The van der Waals surface area contributed by atoms with Crippen molar-refractivity contribution >= 4 is 39.3 Å². The van der Waals surface area contributed by atoms with Gasteiger partial charge in [-0.25, -0.2) is 13.2 Å². The van der Waals surface area contributed by atoms with Gasteiger partial charge in [0.15, 0.2) is 4.90 Å². The van der Waals surface area contributed by atoms with Gasteiger partial charge in [-0.3, -0.25) is 14.4 Å². The predicted octanol–water partition coefficient (Wildman–Crippen LogP) is 4.68. The zero-order valence-electron chi connectivity index (χ0n) is 18.3. The number of nitro benzene ring substituents is 1. The summed E-state index contributed by atoms with van der Waals surface area (Å²) in [7, 11) is -4.17. The Hall–Kier alpha value is -2.79. The molecular weight excluding hydrogens is 466 g/mol. The lowest BCUT2D eigenvalue weighted by molar-refractivity contribution is -0.387. The molecule has 0 aromatic heterocycles. The van der Waals surface area contributed by atoms with Gasteiger partial charge >= 0.3 is 6.09 Å². The molecule has 3 rings (SSSR count). The molecule has 2 aromatic carbocycles. The van der Waals surface area contributed by atoms with Crippen molar-refractivity contribution in [2.75, 3.05) is 30.2 Å². The maximum atomic E-state index is 13.6. The highest BCUT2D eigenvalue weighted by atomic mass is 32.2. The van der Waals surface area contributed by atoms with Crippen LogP contribution in [0.1, 0.15) is 25.7 Å². The van der Waals surface area contributed by atoms with Crippen molar-refractivity contribution in [1.29, 1.82) is 0 Å². The summed E-state index contributed by atoms with van der Waals surface area (Å²) in [4.78, 5) is 23.9. The highest BCUT2D eigenvalue weighted by Crippen LogP contribution is 2.32. The van der Waals surface area contributed by atoms with Crippen molar-refractivity contribution in [3.8, 4) is 0 Å². The van der Waals surface area contributed by atoms with Crippen LogP contribution in [-0.4, -0.2) is 55.3 Å². The van der Waals surface area contributed by atoms with Gasteiger partial charge < -0.3 is 10.0 Å². The number of nitro groups is 1. The topological polar surface area (TPSA) is 121 Å². The van der Waals surface area contributed by atoms with E-state index in [-0.39, 0.29) is 11.4 Å². The second-order valence-corrected chi connectivity index (χ2v) is 10.6. The summed E-state index contributed by atoms with van der Waals surface area (Å²) in [6.07, 6.45) is 3.80. The first-order valence-electron chi connectivity index (χ1n) is 10.6. The molecule has 0 unspecified atom stereocenters. The fourth-order valence-corrected chi connectivity index (χ4v) is 6.09. The molecule has 11 heteroatoms. The molecule has 0 aliphatic carbocycles. The summed E-state index contributed by atoms with van der Waals surface area (Å²) in [5.74, 6) is 0.315. The van der Waals surface area contributed by atoms with Gasteiger partial charge in [0.2, 0.25) is 0 Å². The van der Waals surface area contributed by atoms with Gasteiger partial charge in [0.05, 0.1) is 10.6 Å². The third-order valence-corrected chi connectivity index (χ3v) is 8.47. The molecule has 1 N–H and O–H groups in total. The zero-order chi connectivity index (χ0) is 24.0. The highest BCUT2D eigenvalue weighted by molar-refractivity contribution is 7.98. The number of piperidine rings is 1. The number of hydrogen-bond donors (Lipinski definition) is 1. The summed E-state index contributed by atoms with van der Waals surface area (Å²) in [6.45, 7) is 1.13. The van der Waals surface area contributed by atoms with E-state index in [1.807, 2.05) is 18.4 Å². The second kappa shape index (κ2) is 10.9. The Morgan fingerprint density at radius 2 is 1.82 bits per heavy atom. The minimum Gasteiger partial charge on any atom is -0.465 e. The number of anilines is 1. The van der Waals surface area contributed by atoms with Crippen molar-refractivity contribution in [2.24, 2.45) is 5.92 Å². The van der Waals surface area contributed by atoms with E-state index in [9.17, 15) is 23.3 Å². The molecule has 1 amide bonds. The van der Waals surface area contributed by atoms with E-state index in [2.05, 4.69) is 0 Å². The van der Waals surface area contributed by atoms with Gasteiger partial charge in [0.25, 0.3) is 15.7 Å². The normalized spacial score (nSPS) is 14.8. The van der Waals surface area contributed by atoms with E-state index >= 15 is 0 Å². The van der Waals surface area contributed by atoms with Crippen LogP contribution in [0.25, 0.3) is 0 Å². The number of sulfonamides is 1. The SMILES string of the molecule is CSc1ccc(N(CCCC2CCN(C(=O)O)CC2)S(=O)(=O)c2ccccc2[N+](=O)[O-])cc1. The quantitative estimate of drug-likeness (QED) is 0.306. The molecule has 0 saturated carbocycles. The summed E-state index contributed by atoms with van der Waals surface area (Å²) < 4.78 is 28.4. The molecule has 1 aliphatic heterocycles. The van der Waals surface area contributed by atoms with Gasteiger partial charge in [-0.15, -0.1) is 11.8 Å². The van der Waals surface area contributed by atoms with Crippen LogP contribution in [0.15, 0.2) is 58.3 Å². The Morgan fingerprint density at radius 3 is 2.39 bits per heavy atom. The number of thioether (sulfide) groups is 1. The fraction of sp³-hybridized carbons (Fsp3) is 0.409. The number of hydrogen-bond acceptors (Lipinski definition) is 6. The number of likely N-dealkylation sites (tertiary alicyclic amines) is 1. The molecule has 2 aromatic rings. The van der Waals surface area contributed by atoms with Crippen LogP contribution in [-0.2, 0) is 10.0 Å². The Kier molecular flexibility index (Phi) is 8.20. The standard InChI is InChI=1S/C22H27N3O6S2/c1-32-19-10-8-18(9-11-19)24(14-4-5-17-12-15-23(16-13-17)22(26)27)33(30,31)21-7-3-2-6-20(21)25(28)29/h2-3,6-11,17H,4-5,12-16H2,1H3,(H,26,27). The second-order valence-electron chi connectivity index (χ2n) is 7.86. The van der Waals surface area contributed by atoms with Crippen LogP contribution >= 0.6 is 11.8 Å². The molecule has 0 spiro atoms. The van der Waals surface area contributed by atoms with E-state index in [1.165, 1.54) is 45.2 Å². The number of para-hydroxylation sites is 1. The first-order chi connectivity index (χ1) is 15.7. The van der Waals surface area contributed by atoms with Crippen molar-refractivity contribution in [2.45, 2.75) is 35.5 Å². The first kappa shape index (κ1) is 24.8. The van der Waals surface area contributed by atoms with Gasteiger partial charge in [0, 0.05) is 30.6 Å². The molecule has 9 nitrogen and oxygen atoms in total. The Balaban J connectivity index is 1.81. The van der Waals surface area contributed by atoms with Crippen LogP contribution in [0, 0.1) is 16.0 Å². The van der Waals surface area contributed by atoms with E-state index in [0.29, 0.717) is 31.1 Å². The zero-order valence-corrected chi connectivity index (χ0v) is 19.9. The Morgan fingerprint density at radius 1 is 1.18 bits per heavy atom. The number of rotatable bonds is 9. The van der Waals surface area contributed by atoms with E-state index in [4.69, 9.17) is 5.11 Å². The Bertz CT molecular complexity index is 1080. The predicted molar refractivity (Wildman–Crippen MR) is 127 cm³/mol. The van der Waals surface area contributed by atoms with Crippen molar-refractivity contribution in [1.82, 2.24) is 4.90 Å². The van der Waals surface area contributed by atoms with Gasteiger partial charge in [-0.2, -0.15) is 0 Å². The third-order valence-electron chi connectivity index (χ3n) is 5.85. The van der Waals surface area contributed by atoms with Gasteiger partial charge in [-0.05, 0) is 68.2 Å². The van der Waals surface area contributed by atoms with E-state index in [1.54, 1.807) is 12.1 Å². The lowest BCUT2D eigenvalue weighted by Crippen LogP contribution is -2.37. The van der Waals surface area contributed by atoms with E-state index < -0.39 is 26.7 Å². The smallest absolute Gasteiger partial charge is 0.407 e. The summed E-state index contributed by atoms with van der Waals surface area (Å²) >= 11 is 1.54. The van der Waals surface area contributed by atoms with Crippen LogP contribution in [0.5, 0.6) is 0 Å². The van der Waals surface area contributed by atoms with E-state index in [0.717, 1.165) is 24.2 Å². The van der Waals surface area contributed by atoms with Crippen LogP contribution in [0.4, 0.5) is 16.2 Å². The molecule has 0 radical (unpaired) electrons. The lowest BCUT2D eigenvalue weighted by Gasteiger charge is -2.30. The average Bonchev–Trinajstić information content (AvgIpc) is 2.82. The molecule has 178 valence electrons. The number of amides is 1. The van der Waals surface area contributed by atoms with Crippen molar-refractivity contribution in [3.63, 3.8) is 0 Å². The maximum absolute atomic E-state index is 13.6. The molecule has 1 heterocycles. The van der Waals surface area contributed by atoms with Crippen LogP contribution in [0.3, 0.4) is 0 Å². The minimum atomic E-state index is -4.17. The third kappa shape index (κ3) is 5.97. The molecule has 0 atom stereocenters. The average molecular weight is 494 g/mol. The van der Waals surface area contributed by atoms with Crippen LogP contribution < -0.4 is 4.31 Å². The minimum absolute atomic E-state index is 0.173. The summed E-state index contributed by atoms with van der Waals surface area (Å²) in [5.41, 5.74) is -0.00377. The highest BCUT2D eigenvalue weighted by Gasteiger charge is 2.32. The van der Waals surface area contributed by atoms with Crippen LogP contribution in [0.2, 0.25) is 0 Å². The maximum Gasteiger partial charge on any atom is 0.407 e. The monoisotopic (exact) mass is 493 g/mol. The lowest BCUT2D eigenvalue weighted by atomic mass is 9.92. The number of carbonyl (C=O) groups is 1. The molecule has 33 heavy (non-hydrogen) atoms. The summed E-state index contributed by atoms with van der Waals surface area (Å²) in [5, 5.41) is 20.6. The number of benzene rings is 2. The fourth-order valence-electron chi connectivity index (χ4n) is 4.02. The largest absolute Gasteiger partial charge is 0.465 e. The molecular formula is C22H27N3O6S2. The van der Waals surface area contributed by atoms with Gasteiger partial charge in [-0.1, -0.05) is 12.1 Å². The number of nitrogens with zero attached hydrogens (tertiary/aromatic N) is 3.